The van der Waals surface area contributed by atoms with Gasteiger partial charge in [-0.05, 0) is 48.9 Å². The Balaban J connectivity index is 2.29. The first-order valence-electron chi connectivity index (χ1n) is 5.61. The summed E-state index contributed by atoms with van der Waals surface area (Å²) < 4.78 is 2.20. The lowest BCUT2D eigenvalue weighted by molar-refractivity contribution is 0.943. The summed E-state index contributed by atoms with van der Waals surface area (Å²) in [4.78, 5) is 2.48. The molecular weight excluding hydrogens is 374 g/mol. The molecule has 18 heavy (non-hydrogen) atoms. The standard InChI is InChI=1S/C14H13Br2NS/c15-11-2-1-3-13(8-11)18-14-9-12(16)5-4-10(14)6-7-17/h1-5,8-9H,6-7,17H2. The maximum Gasteiger partial charge on any atom is 0.0186 e. The molecule has 0 unspecified atom stereocenters. The van der Waals surface area contributed by atoms with Crippen molar-refractivity contribution in [1.82, 2.24) is 0 Å². The van der Waals surface area contributed by atoms with Crippen LogP contribution < -0.4 is 5.73 Å². The minimum atomic E-state index is 0.674. The topological polar surface area (TPSA) is 26.0 Å². The Hall–Kier alpha value is -0.290. The molecule has 4 heteroatoms. The SMILES string of the molecule is NCCc1ccc(Br)cc1Sc1cccc(Br)c1. The second-order valence-electron chi connectivity index (χ2n) is 3.85. The van der Waals surface area contributed by atoms with Gasteiger partial charge in [-0.25, -0.2) is 0 Å². The van der Waals surface area contributed by atoms with Crippen molar-refractivity contribution in [2.75, 3.05) is 6.54 Å². The molecule has 1 nitrogen and oxygen atoms in total. The molecule has 0 spiro atoms. The molecule has 0 atom stereocenters. The summed E-state index contributed by atoms with van der Waals surface area (Å²) in [6.45, 7) is 0.674. The molecule has 0 aromatic heterocycles. The Kier molecular flexibility index (Phi) is 5.30. The van der Waals surface area contributed by atoms with E-state index in [0.717, 1.165) is 15.4 Å². The van der Waals surface area contributed by atoms with Gasteiger partial charge in [-0.1, -0.05) is 55.8 Å². The molecule has 0 fully saturated rings. The first-order valence-corrected chi connectivity index (χ1v) is 8.01. The normalized spacial score (nSPS) is 10.6. The maximum atomic E-state index is 5.66. The van der Waals surface area contributed by atoms with Crippen LogP contribution in [0, 0.1) is 0 Å². The summed E-state index contributed by atoms with van der Waals surface area (Å²) in [5.41, 5.74) is 6.95. The van der Waals surface area contributed by atoms with Crippen molar-refractivity contribution in [3.63, 3.8) is 0 Å². The van der Waals surface area contributed by atoms with Crippen LogP contribution in [0.1, 0.15) is 5.56 Å². The highest BCUT2D eigenvalue weighted by atomic mass is 79.9. The van der Waals surface area contributed by atoms with Crippen molar-refractivity contribution in [1.29, 1.82) is 0 Å². The molecule has 2 rings (SSSR count). The van der Waals surface area contributed by atoms with E-state index in [0.29, 0.717) is 6.54 Å². The van der Waals surface area contributed by atoms with E-state index >= 15 is 0 Å². The predicted molar refractivity (Wildman–Crippen MR) is 85.2 cm³/mol. The molecule has 0 amide bonds. The Morgan fingerprint density at radius 2 is 1.78 bits per heavy atom. The highest BCUT2D eigenvalue weighted by Gasteiger charge is 2.05. The highest BCUT2D eigenvalue weighted by molar-refractivity contribution is 9.10. The van der Waals surface area contributed by atoms with E-state index in [1.54, 1.807) is 11.8 Å². The van der Waals surface area contributed by atoms with Gasteiger partial charge < -0.3 is 5.73 Å². The Bertz CT molecular complexity index is 543. The molecule has 0 bridgehead atoms. The smallest absolute Gasteiger partial charge is 0.0186 e. The van der Waals surface area contributed by atoms with E-state index in [9.17, 15) is 0 Å². The van der Waals surface area contributed by atoms with Gasteiger partial charge in [0.15, 0.2) is 0 Å². The van der Waals surface area contributed by atoms with Gasteiger partial charge >= 0.3 is 0 Å². The van der Waals surface area contributed by atoms with Crippen LogP contribution in [0.5, 0.6) is 0 Å². The third-order valence-corrected chi connectivity index (χ3v) is 4.54. The monoisotopic (exact) mass is 385 g/mol. The molecule has 0 radical (unpaired) electrons. The van der Waals surface area contributed by atoms with Gasteiger partial charge in [0, 0.05) is 18.7 Å². The van der Waals surface area contributed by atoms with Gasteiger partial charge in [0.25, 0.3) is 0 Å². The Labute approximate surface area is 128 Å². The second kappa shape index (κ2) is 6.75. The van der Waals surface area contributed by atoms with E-state index in [2.05, 4.69) is 62.2 Å². The largest absolute Gasteiger partial charge is 0.330 e. The van der Waals surface area contributed by atoms with E-state index in [4.69, 9.17) is 5.73 Å². The average Bonchev–Trinajstić information content (AvgIpc) is 2.33. The lowest BCUT2D eigenvalue weighted by atomic mass is 10.1. The summed E-state index contributed by atoms with van der Waals surface area (Å²) >= 11 is 8.78. The van der Waals surface area contributed by atoms with Crippen molar-refractivity contribution in [3.05, 3.63) is 57.0 Å². The zero-order valence-electron chi connectivity index (χ0n) is 9.70. The van der Waals surface area contributed by atoms with Gasteiger partial charge in [0.2, 0.25) is 0 Å². The summed E-state index contributed by atoms with van der Waals surface area (Å²) in [5, 5.41) is 0. The lowest BCUT2D eigenvalue weighted by Crippen LogP contribution is -2.03. The molecule has 0 aliphatic rings. The van der Waals surface area contributed by atoms with Crippen molar-refractivity contribution in [3.8, 4) is 0 Å². The first kappa shape index (κ1) is 14.1. The lowest BCUT2D eigenvalue weighted by Gasteiger charge is -2.09. The third-order valence-electron chi connectivity index (χ3n) is 2.47. The number of hydrogen-bond donors (Lipinski definition) is 1. The van der Waals surface area contributed by atoms with Crippen LogP contribution in [0.25, 0.3) is 0 Å². The van der Waals surface area contributed by atoms with Crippen LogP contribution in [0.2, 0.25) is 0 Å². The molecule has 0 aliphatic carbocycles. The Morgan fingerprint density at radius 1 is 1.00 bits per heavy atom. The number of halogens is 2. The van der Waals surface area contributed by atoms with Crippen LogP contribution in [-0.4, -0.2) is 6.54 Å². The van der Waals surface area contributed by atoms with E-state index < -0.39 is 0 Å². The van der Waals surface area contributed by atoms with Gasteiger partial charge in [-0.15, -0.1) is 0 Å². The quantitative estimate of drug-likeness (QED) is 0.811. The summed E-state index contributed by atoms with van der Waals surface area (Å²) in [5.74, 6) is 0. The molecule has 2 aromatic carbocycles. The fourth-order valence-electron chi connectivity index (χ4n) is 1.64. The zero-order chi connectivity index (χ0) is 13.0. The van der Waals surface area contributed by atoms with Gasteiger partial charge in [-0.3, -0.25) is 0 Å². The summed E-state index contributed by atoms with van der Waals surface area (Å²) in [7, 11) is 0. The van der Waals surface area contributed by atoms with Crippen LogP contribution >= 0.6 is 43.6 Å². The van der Waals surface area contributed by atoms with Crippen LogP contribution in [0.15, 0.2) is 61.2 Å². The van der Waals surface area contributed by atoms with E-state index in [-0.39, 0.29) is 0 Å². The molecule has 0 saturated heterocycles. The van der Waals surface area contributed by atoms with Crippen molar-refractivity contribution in [2.45, 2.75) is 16.2 Å². The van der Waals surface area contributed by atoms with E-state index in [1.807, 2.05) is 12.1 Å². The molecular formula is C14H13Br2NS. The molecule has 0 aliphatic heterocycles. The third kappa shape index (κ3) is 3.85. The zero-order valence-corrected chi connectivity index (χ0v) is 13.7. The Morgan fingerprint density at radius 3 is 2.50 bits per heavy atom. The van der Waals surface area contributed by atoms with Crippen LogP contribution in [0.4, 0.5) is 0 Å². The number of hydrogen-bond acceptors (Lipinski definition) is 2. The van der Waals surface area contributed by atoms with E-state index in [1.165, 1.54) is 15.4 Å². The summed E-state index contributed by atoms with van der Waals surface area (Å²) in [6, 6.07) is 14.7. The molecule has 94 valence electrons. The maximum absolute atomic E-state index is 5.66. The fourth-order valence-corrected chi connectivity index (χ4v) is 3.78. The molecule has 2 N–H and O–H groups in total. The average molecular weight is 387 g/mol. The predicted octanol–water partition coefficient (Wildman–Crippen LogP) is 4.86. The minimum absolute atomic E-state index is 0.674. The van der Waals surface area contributed by atoms with Gasteiger partial charge in [0.05, 0.1) is 0 Å². The minimum Gasteiger partial charge on any atom is -0.330 e. The van der Waals surface area contributed by atoms with Crippen LogP contribution in [0.3, 0.4) is 0 Å². The van der Waals surface area contributed by atoms with Crippen molar-refractivity contribution in [2.24, 2.45) is 5.73 Å². The number of nitrogens with two attached hydrogens (primary N) is 1. The molecule has 0 saturated carbocycles. The number of benzene rings is 2. The van der Waals surface area contributed by atoms with Gasteiger partial charge in [-0.2, -0.15) is 0 Å². The fraction of sp³-hybridized carbons (Fsp3) is 0.143. The number of rotatable bonds is 4. The molecule has 0 heterocycles. The summed E-state index contributed by atoms with van der Waals surface area (Å²) in [6.07, 6.45) is 0.906. The van der Waals surface area contributed by atoms with Crippen LogP contribution in [-0.2, 0) is 6.42 Å². The van der Waals surface area contributed by atoms with Crippen molar-refractivity contribution < 1.29 is 0 Å². The van der Waals surface area contributed by atoms with Crippen molar-refractivity contribution >= 4 is 43.6 Å². The second-order valence-corrected chi connectivity index (χ2v) is 6.80. The highest BCUT2D eigenvalue weighted by Crippen LogP contribution is 2.33. The molecule has 2 aromatic rings. The van der Waals surface area contributed by atoms with Gasteiger partial charge in [0.1, 0.15) is 0 Å². The first-order chi connectivity index (χ1) is 8.69.